The fraction of sp³-hybridized carbons (Fsp3) is 0.280. The highest BCUT2D eigenvalue weighted by Gasteiger charge is 2.75. The highest BCUT2D eigenvalue weighted by Crippen LogP contribution is 2.52. The molecule has 0 unspecified atom stereocenters. The number of carbonyl (C=O) groups is 2. The van der Waals surface area contributed by atoms with E-state index in [-0.39, 0.29) is 55.8 Å². The van der Waals surface area contributed by atoms with E-state index in [0.29, 0.717) is 4.68 Å². The SMILES string of the molecule is CC(C)NC(=O)c1cc(Cl)cc(Cl)c1NC(=O)c1cc(Cn2cc(C(F)(C(F)(F)F)C(F)(F)F)nn2)nn1-c1ncccc1Cl. The Balaban J connectivity index is 1.75. The molecule has 0 aliphatic carbocycles. The minimum absolute atomic E-state index is 0.0108. The van der Waals surface area contributed by atoms with Crippen LogP contribution in [0.15, 0.2) is 42.7 Å². The summed E-state index contributed by atoms with van der Waals surface area (Å²) in [6.07, 6.45) is -11.4. The molecule has 0 radical (unpaired) electrons. The van der Waals surface area contributed by atoms with E-state index in [0.717, 1.165) is 10.7 Å². The van der Waals surface area contributed by atoms with E-state index in [1.54, 1.807) is 13.8 Å². The van der Waals surface area contributed by atoms with Crippen molar-refractivity contribution in [3.05, 3.63) is 80.4 Å². The summed E-state index contributed by atoms with van der Waals surface area (Å²) < 4.78 is 94.8. The summed E-state index contributed by atoms with van der Waals surface area (Å²) in [6.45, 7) is 2.70. The molecule has 0 spiro atoms. The molecule has 0 bridgehead atoms. The van der Waals surface area contributed by atoms with Gasteiger partial charge in [-0.3, -0.25) is 9.59 Å². The fourth-order valence-corrected chi connectivity index (χ4v) is 4.65. The van der Waals surface area contributed by atoms with Gasteiger partial charge in [0, 0.05) is 17.3 Å². The molecule has 0 aliphatic rings. The summed E-state index contributed by atoms with van der Waals surface area (Å²) in [5, 5.41) is 15.2. The maximum atomic E-state index is 14.4. The predicted molar refractivity (Wildman–Crippen MR) is 147 cm³/mol. The van der Waals surface area contributed by atoms with Gasteiger partial charge < -0.3 is 10.6 Å². The van der Waals surface area contributed by atoms with Crippen molar-refractivity contribution in [2.24, 2.45) is 0 Å². The Labute approximate surface area is 263 Å². The zero-order valence-electron chi connectivity index (χ0n) is 22.6. The van der Waals surface area contributed by atoms with Crippen LogP contribution in [0.4, 0.5) is 36.4 Å². The first-order chi connectivity index (χ1) is 20.8. The van der Waals surface area contributed by atoms with Crippen LogP contribution in [0.1, 0.15) is 46.1 Å². The van der Waals surface area contributed by atoms with Gasteiger partial charge in [-0.2, -0.15) is 31.4 Å². The topological polar surface area (TPSA) is 120 Å². The third-order valence-electron chi connectivity index (χ3n) is 5.89. The van der Waals surface area contributed by atoms with Crippen LogP contribution >= 0.6 is 34.8 Å². The molecule has 240 valence electrons. The quantitative estimate of drug-likeness (QED) is 0.201. The van der Waals surface area contributed by atoms with Crippen LogP contribution in [-0.2, 0) is 12.2 Å². The van der Waals surface area contributed by atoms with Gasteiger partial charge in [0.05, 0.1) is 39.7 Å². The van der Waals surface area contributed by atoms with Crippen LogP contribution in [0.2, 0.25) is 15.1 Å². The molecule has 0 atom stereocenters. The third kappa shape index (κ3) is 6.84. The highest BCUT2D eigenvalue weighted by molar-refractivity contribution is 6.38. The minimum Gasteiger partial charge on any atom is -0.350 e. The Morgan fingerprint density at radius 1 is 0.956 bits per heavy atom. The fourth-order valence-electron chi connectivity index (χ4n) is 3.91. The summed E-state index contributed by atoms with van der Waals surface area (Å²) in [5.41, 5.74) is -8.61. The van der Waals surface area contributed by atoms with Crippen molar-refractivity contribution < 1.29 is 40.3 Å². The van der Waals surface area contributed by atoms with Gasteiger partial charge in [-0.1, -0.05) is 40.0 Å². The Kier molecular flexibility index (Phi) is 9.38. The molecule has 10 nitrogen and oxygen atoms in total. The normalized spacial score (nSPS) is 12.5. The van der Waals surface area contributed by atoms with E-state index in [4.69, 9.17) is 34.8 Å². The minimum atomic E-state index is -6.40. The predicted octanol–water partition coefficient (Wildman–Crippen LogP) is 6.55. The second-order valence-electron chi connectivity index (χ2n) is 9.59. The van der Waals surface area contributed by atoms with Crippen LogP contribution in [0, 0.1) is 0 Å². The molecule has 0 saturated heterocycles. The van der Waals surface area contributed by atoms with Crippen molar-refractivity contribution in [3.8, 4) is 5.82 Å². The number of benzene rings is 1. The number of carbonyl (C=O) groups excluding carboxylic acids is 2. The van der Waals surface area contributed by atoms with Gasteiger partial charge in [0.25, 0.3) is 11.8 Å². The van der Waals surface area contributed by atoms with Crippen molar-refractivity contribution in [1.82, 2.24) is 35.1 Å². The molecule has 2 N–H and O–H groups in total. The second kappa shape index (κ2) is 12.4. The summed E-state index contributed by atoms with van der Waals surface area (Å²) in [4.78, 5) is 30.5. The second-order valence-corrected chi connectivity index (χ2v) is 10.8. The van der Waals surface area contributed by atoms with Gasteiger partial charge in [-0.15, -0.1) is 5.10 Å². The lowest BCUT2D eigenvalue weighted by Gasteiger charge is -2.27. The van der Waals surface area contributed by atoms with Crippen molar-refractivity contribution in [2.75, 3.05) is 5.32 Å². The Morgan fingerprint density at radius 2 is 1.62 bits per heavy atom. The molecule has 45 heavy (non-hydrogen) atoms. The molecule has 3 aromatic heterocycles. The Bertz CT molecular complexity index is 1740. The van der Waals surface area contributed by atoms with E-state index in [2.05, 4.69) is 31.0 Å². The number of hydrogen-bond acceptors (Lipinski definition) is 6. The van der Waals surface area contributed by atoms with Crippen LogP contribution < -0.4 is 10.6 Å². The summed E-state index contributed by atoms with van der Waals surface area (Å²) in [5.74, 6) is -1.68. The average molecular weight is 702 g/mol. The number of hydrogen-bond donors (Lipinski definition) is 2. The number of halogens is 10. The van der Waals surface area contributed by atoms with Crippen molar-refractivity contribution in [1.29, 1.82) is 0 Å². The number of anilines is 1. The van der Waals surface area contributed by atoms with Gasteiger partial charge >= 0.3 is 18.0 Å². The van der Waals surface area contributed by atoms with E-state index in [9.17, 15) is 40.3 Å². The van der Waals surface area contributed by atoms with Gasteiger partial charge in [-0.25, -0.2) is 18.7 Å². The van der Waals surface area contributed by atoms with E-state index < -0.39 is 42.1 Å². The molecule has 3 heterocycles. The van der Waals surface area contributed by atoms with Crippen molar-refractivity contribution in [2.45, 2.75) is 44.5 Å². The van der Waals surface area contributed by atoms with E-state index in [1.165, 1.54) is 30.5 Å². The monoisotopic (exact) mass is 700 g/mol. The number of aromatic nitrogens is 6. The molecule has 4 aromatic rings. The number of nitrogens with one attached hydrogen (secondary N) is 2. The summed E-state index contributed by atoms with van der Waals surface area (Å²) in [7, 11) is 0. The molecular weight excluding hydrogens is 684 g/mol. The molecule has 2 amide bonds. The third-order valence-corrected chi connectivity index (χ3v) is 6.70. The molecule has 0 saturated carbocycles. The number of rotatable bonds is 8. The van der Waals surface area contributed by atoms with Crippen LogP contribution in [0.25, 0.3) is 5.82 Å². The first kappa shape index (κ1) is 33.9. The number of amides is 2. The largest absolute Gasteiger partial charge is 0.437 e. The first-order valence-corrected chi connectivity index (χ1v) is 13.5. The van der Waals surface area contributed by atoms with Gasteiger partial charge in [0.15, 0.2) is 5.82 Å². The molecular formula is C25H18Cl3F7N8O2. The summed E-state index contributed by atoms with van der Waals surface area (Å²) in [6, 6.07) is 6.16. The van der Waals surface area contributed by atoms with Crippen molar-refractivity contribution in [3.63, 3.8) is 0 Å². The first-order valence-electron chi connectivity index (χ1n) is 12.4. The zero-order chi connectivity index (χ0) is 33.5. The van der Waals surface area contributed by atoms with Gasteiger partial charge in [-0.05, 0) is 44.2 Å². The lowest BCUT2D eigenvalue weighted by atomic mass is 10.0. The smallest absolute Gasteiger partial charge is 0.350 e. The summed E-state index contributed by atoms with van der Waals surface area (Å²) >= 11 is 18.6. The van der Waals surface area contributed by atoms with Crippen LogP contribution in [-0.4, -0.2) is 60.0 Å². The number of alkyl halides is 7. The molecule has 0 aliphatic heterocycles. The molecule has 20 heteroatoms. The maximum absolute atomic E-state index is 14.4. The number of pyridine rings is 1. The van der Waals surface area contributed by atoms with Crippen LogP contribution in [0.3, 0.4) is 0 Å². The average Bonchev–Trinajstić information content (AvgIpc) is 3.55. The van der Waals surface area contributed by atoms with E-state index >= 15 is 0 Å². The highest BCUT2D eigenvalue weighted by atomic mass is 35.5. The lowest BCUT2D eigenvalue weighted by molar-refractivity contribution is -0.350. The number of nitrogens with zero attached hydrogens (tertiary/aromatic N) is 6. The van der Waals surface area contributed by atoms with Gasteiger partial charge in [0.2, 0.25) is 0 Å². The molecule has 1 aromatic carbocycles. The van der Waals surface area contributed by atoms with Crippen LogP contribution in [0.5, 0.6) is 0 Å². The lowest BCUT2D eigenvalue weighted by Crippen LogP contribution is -2.50. The molecule has 4 rings (SSSR count). The van der Waals surface area contributed by atoms with E-state index in [1.807, 2.05) is 0 Å². The Morgan fingerprint density at radius 3 is 2.22 bits per heavy atom. The Hall–Kier alpha value is -3.96. The van der Waals surface area contributed by atoms with Crippen molar-refractivity contribution >= 4 is 52.3 Å². The maximum Gasteiger partial charge on any atom is 0.437 e. The zero-order valence-corrected chi connectivity index (χ0v) is 24.9. The standard InChI is InChI=1S/C25H18Cl3F7N8O2/c1-11(2)37-21(44)14-6-12(26)7-16(28)19(14)38-22(45)17-8-13(40-43(17)20-15(27)4-3-5-36-20)9-42-10-18(39-41-42)23(29,24(30,31)32)25(33,34)35/h3-8,10-11H,9H2,1-2H3,(H,37,44)(H,38,45). The van der Waals surface area contributed by atoms with Gasteiger partial charge in [0.1, 0.15) is 11.4 Å². The molecule has 0 fully saturated rings.